The molecule has 0 aliphatic rings. The highest BCUT2D eigenvalue weighted by atomic mass is 16.5. The van der Waals surface area contributed by atoms with Gasteiger partial charge in [-0.05, 0) is 18.7 Å². The SMILES string of the molecule is CNCCOC(c1ccccc1)c1ccnn1C=N. The molecule has 0 saturated heterocycles. The lowest BCUT2D eigenvalue weighted by Gasteiger charge is -2.18. The minimum atomic E-state index is -0.210. The van der Waals surface area contributed by atoms with Gasteiger partial charge in [0.25, 0.3) is 0 Å². The van der Waals surface area contributed by atoms with Gasteiger partial charge in [-0.15, -0.1) is 0 Å². The standard InChI is InChI=1S/C14H18N4O/c1-16-9-10-19-14(12-5-3-2-4-6-12)13-7-8-17-18(13)11-15/h2-8,11,14-16H,9-10H2,1H3. The molecule has 1 atom stereocenters. The zero-order valence-electron chi connectivity index (χ0n) is 10.9. The summed E-state index contributed by atoms with van der Waals surface area (Å²) in [4.78, 5) is 0. The maximum Gasteiger partial charge on any atom is 0.125 e. The van der Waals surface area contributed by atoms with E-state index in [4.69, 9.17) is 10.1 Å². The highest BCUT2D eigenvalue weighted by molar-refractivity contribution is 5.54. The summed E-state index contributed by atoms with van der Waals surface area (Å²) in [6.07, 6.45) is 2.66. The van der Waals surface area contributed by atoms with E-state index in [-0.39, 0.29) is 6.10 Å². The van der Waals surface area contributed by atoms with E-state index >= 15 is 0 Å². The number of ether oxygens (including phenoxy) is 1. The fourth-order valence-corrected chi connectivity index (χ4v) is 1.90. The van der Waals surface area contributed by atoms with Gasteiger partial charge in [-0.2, -0.15) is 5.10 Å². The largest absolute Gasteiger partial charge is 0.366 e. The lowest BCUT2D eigenvalue weighted by atomic mass is 10.1. The summed E-state index contributed by atoms with van der Waals surface area (Å²) in [7, 11) is 1.89. The lowest BCUT2D eigenvalue weighted by molar-refractivity contribution is 0.0791. The molecule has 2 aromatic rings. The lowest BCUT2D eigenvalue weighted by Crippen LogP contribution is -2.19. The molecule has 0 bridgehead atoms. The van der Waals surface area contributed by atoms with Gasteiger partial charge < -0.3 is 10.1 Å². The van der Waals surface area contributed by atoms with Crippen LogP contribution in [0.25, 0.3) is 0 Å². The molecule has 0 saturated carbocycles. The molecule has 5 nitrogen and oxygen atoms in total. The van der Waals surface area contributed by atoms with E-state index in [2.05, 4.69) is 10.4 Å². The van der Waals surface area contributed by atoms with Crippen LogP contribution < -0.4 is 5.32 Å². The predicted octanol–water partition coefficient (Wildman–Crippen LogP) is 1.66. The van der Waals surface area contributed by atoms with E-state index in [1.54, 1.807) is 6.20 Å². The zero-order chi connectivity index (χ0) is 13.5. The Bertz CT molecular complexity index is 509. The summed E-state index contributed by atoms with van der Waals surface area (Å²) < 4.78 is 7.45. The Morgan fingerprint density at radius 1 is 1.37 bits per heavy atom. The van der Waals surface area contributed by atoms with Crippen LogP contribution in [0.5, 0.6) is 0 Å². The number of rotatable bonds is 7. The molecule has 0 amide bonds. The molecule has 0 aliphatic heterocycles. The highest BCUT2D eigenvalue weighted by Gasteiger charge is 2.18. The maximum atomic E-state index is 7.38. The minimum Gasteiger partial charge on any atom is -0.366 e. The quantitative estimate of drug-likeness (QED) is 0.451. The molecular formula is C14H18N4O. The van der Waals surface area contributed by atoms with Gasteiger partial charge in [0, 0.05) is 12.7 Å². The van der Waals surface area contributed by atoms with Crippen molar-refractivity contribution in [2.24, 2.45) is 0 Å². The summed E-state index contributed by atoms with van der Waals surface area (Å²) in [5.74, 6) is 0. The molecule has 19 heavy (non-hydrogen) atoms. The number of benzene rings is 1. The molecule has 0 aliphatic carbocycles. The Morgan fingerprint density at radius 2 is 2.16 bits per heavy atom. The van der Waals surface area contributed by atoms with Gasteiger partial charge in [0.2, 0.25) is 0 Å². The van der Waals surface area contributed by atoms with Gasteiger partial charge in [-0.1, -0.05) is 30.3 Å². The first kappa shape index (κ1) is 13.5. The first-order valence-corrected chi connectivity index (χ1v) is 6.22. The van der Waals surface area contributed by atoms with Crippen LogP contribution >= 0.6 is 0 Å². The van der Waals surface area contributed by atoms with Crippen LogP contribution in [-0.2, 0) is 4.74 Å². The van der Waals surface area contributed by atoms with Crippen molar-refractivity contribution in [3.63, 3.8) is 0 Å². The van der Waals surface area contributed by atoms with E-state index in [0.717, 1.165) is 17.8 Å². The molecule has 1 unspecified atom stereocenters. The second-order valence-corrected chi connectivity index (χ2v) is 4.09. The third-order valence-electron chi connectivity index (χ3n) is 2.83. The number of nitrogens with one attached hydrogen (secondary N) is 2. The summed E-state index contributed by atoms with van der Waals surface area (Å²) >= 11 is 0. The number of hydrogen-bond acceptors (Lipinski definition) is 4. The Labute approximate surface area is 112 Å². The van der Waals surface area contributed by atoms with Gasteiger partial charge in [0.1, 0.15) is 12.4 Å². The summed E-state index contributed by atoms with van der Waals surface area (Å²) in [5, 5.41) is 14.5. The van der Waals surface area contributed by atoms with Crippen molar-refractivity contribution < 1.29 is 4.74 Å². The third kappa shape index (κ3) is 3.27. The number of likely N-dealkylation sites (N-methyl/N-ethyl adjacent to an activating group) is 1. The maximum absolute atomic E-state index is 7.38. The number of hydrogen-bond donors (Lipinski definition) is 2. The second-order valence-electron chi connectivity index (χ2n) is 4.09. The van der Waals surface area contributed by atoms with Crippen molar-refractivity contribution in [3.05, 3.63) is 53.9 Å². The molecule has 0 spiro atoms. The molecule has 1 heterocycles. The molecule has 0 radical (unpaired) electrons. The van der Waals surface area contributed by atoms with E-state index in [1.165, 1.54) is 11.0 Å². The monoisotopic (exact) mass is 258 g/mol. The fourth-order valence-electron chi connectivity index (χ4n) is 1.90. The van der Waals surface area contributed by atoms with E-state index in [9.17, 15) is 0 Å². The van der Waals surface area contributed by atoms with E-state index in [0.29, 0.717) is 6.61 Å². The predicted molar refractivity (Wildman–Crippen MR) is 74.6 cm³/mol. The molecule has 5 heteroatoms. The van der Waals surface area contributed by atoms with Crippen LogP contribution in [0.4, 0.5) is 0 Å². The van der Waals surface area contributed by atoms with Crippen LogP contribution in [0.2, 0.25) is 0 Å². The molecule has 1 aromatic heterocycles. The van der Waals surface area contributed by atoms with Crippen LogP contribution in [0.15, 0.2) is 42.6 Å². The molecule has 0 fully saturated rings. The van der Waals surface area contributed by atoms with Crippen molar-refractivity contribution in [1.29, 1.82) is 5.41 Å². The van der Waals surface area contributed by atoms with Crippen LogP contribution in [0.3, 0.4) is 0 Å². The van der Waals surface area contributed by atoms with Crippen molar-refractivity contribution in [3.8, 4) is 0 Å². The van der Waals surface area contributed by atoms with Crippen LogP contribution in [0.1, 0.15) is 17.4 Å². The van der Waals surface area contributed by atoms with E-state index in [1.807, 2.05) is 43.4 Å². The van der Waals surface area contributed by atoms with Crippen LogP contribution in [-0.4, -0.2) is 36.3 Å². The van der Waals surface area contributed by atoms with Crippen molar-refractivity contribution in [2.75, 3.05) is 20.2 Å². The average molecular weight is 258 g/mol. The Balaban J connectivity index is 2.26. The first-order chi connectivity index (χ1) is 9.36. The first-order valence-electron chi connectivity index (χ1n) is 6.22. The number of aromatic nitrogens is 2. The minimum absolute atomic E-state index is 0.210. The summed E-state index contributed by atoms with van der Waals surface area (Å²) in [6, 6.07) is 11.9. The van der Waals surface area contributed by atoms with Gasteiger partial charge in [-0.25, -0.2) is 4.68 Å². The topological polar surface area (TPSA) is 62.9 Å². The normalized spacial score (nSPS) is 12.3. The molecule has 1 aromatic carbocycles. The van der Waals surface area contributed by atoms with Gasteiger partial charge in [-0.3, -0.25) is 5.41 Å². The van der Waals surface area contributed by atoms with Crippen molar-refractivity contribution >= 4 is 6.34 Å². The van der Waals surface area contributed by atoms with Gasteiger partial charge in [0.05, 0.1) is 12.3 Å². The zero-order valence-corrected chi connectivity index (χ0v) is 10.9. The Kier molecular flexibility index (Phi) is 4.83. The fraction of sp³-hybridized carbons (Fsp3) is 0.286. The van der Waals surface area contributed by atoms with E-state index < -0.39 is 0 Å². The smallest absolute Gasteiger partial charge is 0.125 e. The molecule has 2 N–H and O–H groups in total. The van der Waals surface area contributed by atoms with Crippen molar-refractivity contribution in [1.82, 2.24) is 15.1 Å². The third-order valence-corrected chi connectivity index (χ3v) is 2.83. The van der Waals surface area contributed by atoms with Gasteiger partial charge in [0.15, 0.2) is 0 Å². The Morgan fingerprint density at radius 3 is 2.84 bits per heavy atom. The summed E-state index contributed by atoms with van der Waals surface area (Å²) in [6.45, 7) is 1.38. The average Bonchev–Trinajstić information content (AvgIpc) is 2.93. The molecular weight excluding hydrogens is 240 g/mol. The summed E-state index contributed by atoms with van der Waals surface area (Å²) in [5.41, 5.74) is 1.92. The van der Waals surface area contributed by atoms with Gasteiger partial charge >= 0.3 is 0 Å². The molecule has 2 rings (SSSR count). The molecule has 100 valence electrons. The highest BCUT2D eigenvalue weighted by Crippen LogP contribution is 2.24. The second kappa shape index (κ2) is 6.82. The Hall–Kier alpha value is -1.98. The van der Waals surface area contributed by atoms with Crippen molar-refractivity contribution in [2.45, 2.75) is 6.10 Å². The number of nitrogens with zero attached hydrogens (tertiary/aromatic N) is 2. The van der Waals surface area contributed by atoms with Crippen LogP contribution in [0, 0.1) is 5.41 Å².